The van der Waals surface area contributed by atoms with Crippen molar-refractivity contribution < 1.29 is 0 Å². The maximum absolute atomic E-state index is 2.36. The van der Waals surface area contributed by atoms with Gasteiger partial charge in [0.05, 0.1) is 0 Å². The largest absolute Gasteiger partial charge is 0.0683 e. The summed E-state index contributed by atoms with van der Waals surface area (Å²) in [5.41, 5.74) is 0.649. The quantitative estimate of drug-likeness (QED) is 0.483. The molecule has 0 saturated carbocycles. The van der Waals surface area contributed by atoms with Crippen molar-refractivity contribution in [2.24, 2.45) is 11.3 Å². The first kappa shape index (κ1) is 17.4. The Kier molecular flexibility index (Phi) is 12.2. The summed E-state index contributed by atoms with van der Waals surface area (Å²) in [4.78, 5) is 0. The smallest absolute Gasteiger partial charge is 0.0303 e. The van der Waals surface area contributed by atoms with Crippen LogP contribution in [0.2, 0.25) is 0 Å². The average molecular weight is 214 g/mol. The van der Waals surface area contributed by atoms with E-state index in [0.29, 0.717) is 5.41 Å². The third kappa shape index (κ3) is 6.22. The minimum atomic E-state index is 0.649. The second-order valence-electron chi connectivity index (χ2n) is 4.45. The summed E-state index contributed by atoms with van der Waals surface area (Å²) < 4.78 is 0. The molecule has 0 nitrogen and oxygen atoms in total. The zero-order valence-corrected chi connectivity index (χ0v) is 12.3. The maximum Gasteiger partial charge on any atom is -0.0303 e. The Balaban J connectivity index is 0. The van der Waals surface area contributed by atoms with E-state index in [-0.39, 0.29) is 0 Å². The minimum Gasteiger partial charge on any atom is -0.0683 e. The lowest BCUT2D eigenvalue weighted by atomic mass is 9.72. The fourth-order valence-electron chi connectivity index (χ4n) is 2.37. The average Bonchev–Trinajstić information content (AvgIpc) is 2.34. The van der Waals surface area contributed by atoms with Crippen molar-refractivity contribution in [3.63, 3.8) is 0 Å². The molecule has 0 aromatic rings. The number of hydrogen-bond donors (Lipinski definition) is 0. The van der Waals surface area contributed by atoms with E-state index >= 15 is 0 Å². The Labute approximate surface area is 98.9 Å². The Hall–Kier alpha value is 0. The van der Waals surface area contributed by atoms with Crippen molar-refractivity contribution in [3.05, 3.63) is 0 Å². The molecule has 0 atom stereocenters. The molecule has 0 unspecified atom stereocenters. The van der Waals surface area contributed by atoms with E-state index in [1.807, 2.05) is 13.8 Å². The van der Waals surface area contributed by atoms with Crippen molar-refractivity contribution in [1.82, 2.24) is 0 Å². The van der Waals surface area contributed by atoms with Gasteiger partial charge in [-0.25, -0.2) is 0 Å². The van der Waals surface area contributed by atoms with Gasteiger partial charge < -0.3 is 0 Å². The van der Waals surface area contributed by atoms with Crippen LogP contribution in [0.25, 0.3) is 0 Å². The molecule has 0 heteroatoms. The van der Waals surface area contributed by atoms with Gasteiger partial charge in [0, 0.05) is 0 Å². The number of hydrogen-bond acceptors (Lipinski definition) is 0. The predicted octanol–water partition coefficient (Wildman–Crippen LogP) is 6.06. The van der Waals surface area contributed by atoms with Crippen LogP contribution in [0.1, 0.15) is 87.0 Å². The van der Waals surface area contributed by atoms with Gasteiger partial charge in [-0.2, -0.15) is 0 Å². The second kappa shape index (κ2) is 10.5. The molecular weight excluding hydrogens is 180 g/mol. The van der Waals surface area contributed by atoms with Gasteiger partial charge in [0.2, 0.25) is 0 Å². The zero-order valence-electron chi connectivity index (χ0n) is 12.3. The first-order chi connectivity index (χ1) is 7.17. The van der Waals surface area contributed by atoms with E-state index in [0.717, 1.165) is 5.92 Å². The lowest BCUT2D eigenvalue weighted by Gasteiger charge is -2.34. The summed E-state index contributed by atoms with van der Waals surface area (Å²) in [7, 11) is 0. The molecule has 0 aromatic carbocycles. The van der Waals surface area contributed by atoms with Crippen LogP contribution in [0.4, 0.5) is 0 Å². The summed E-state index contributed by atoms with van der Waals surface area (Å²) in [5.74, 6) is 0.958. The molecule has 0 rings (SSSR count). The molecule has 0 spiro atoms. The molecule has 0 aliphatic rings. The second-order valence-corrected chi connectivity index (χ2v) is 4.45. The highest BCUT2D eigenvalue weighted by atomic mass is 14.3. The first-order valence-electron chi connectivity index (χ1n) is 7.17. The highest BCUT2D eigenvalue weighted by molar-refractivity contribution is 4.77. The van der Waals surface area contributed by atoms with Gasteiger partial charge in [0.1, 0.15) is 0 Å². The molecule has 0 saturated heterocycles. The summed E-state index contributed by atoms with van der Waals surface area (Å²) in [6.45, 7) is 15.7. The molecular formula is C15H34. The molecule has 0 aromatic heterocycles. The van der Waals surface area contributed by atoms with Crippen LogP contribution >= 0.6 is 0 Å². The fraction of sp³-hybridized carbons (Fsp3) is 1.00. The number of rotatable bonds is 7. The zero-order chi connectivity index (χ0) is 12.3. The summed E-state index contributed by atoms with van der Waals surface area (Å²) >= 11 is 0. The molecule has 0 heterocycles. The molecule has 0 radical (unpaired) electrons. The van der Waals surface area contributed by atoms with E-state index in [1.165, 1.54) is 38.5 Å². The third-order valence-electron chi connectivity index (χ3n) is 4.13. The van der Waals surface area contributed by atoms with Crippen LogP contribution in [0, 0.1) is 11.3 Å². The lowest BCUT2D eigenvalue weighted by molar-refractivity contribution is 0.180. The normalized spacial score (nSPS) is 11.2. The molecule has 0 N–H and O–H groups in total. The summed E-state index contributed by atoms with van der Waals surface area (Å²) in [6.07, 6.45) is 8.24. The Bertz CT molecular complexity index is 98.9. The monoisotopic (exact) mass is 214 g/mol. The van der Waals surface area contributed by atoms with E-state index in [9.17, 15) is 0 Å². The highest BCUT2D eigenvalue weighted by Gasteiger charge is 2.26. The highest BCUT2D eigenvalue weighted by Crippen LogP contribution is 2.38. The van der Waals surface area contributed by atoms with Crippen molar-refractivity contribution in [1.29, 1.82) is 0 Å². The van der Waals surface area contributed by atoms with Crippen molar-refractivity contribution in [3.8, 4) is 0 Å². The van der Waals surface area contributed by atoms with Gasteiger partial charge in [-0.3, -0.25) is 0 Å². The van der Waals surface area contributed by atoms with E-state index in [1.54, 1.807) is 0 Å². The summed E-state index contributed by atoms with van der Waals surface area (Å²) in [6, 6.07) is 0. The maximum atomic E-state index is 2.36. The molecule has 0 aliphatic carbocycles. The van der Waals surface area contributed by atoms with Crippen molar-refractivity contribution >= 4 is 0 Å². The standard InChI is InChI=1S/C13H28.C2H6/c1-6-12(7-2)11-13(8-3,9-4)10-5;1-2/h12H,6-11H2,1-5H3;1-2H3. The van der Waals surface area contributed by atoms with E-state index < -0.39 is 0 Å². The SMILES string of the molecule is CC.CCC(CC)CC(CC)(CC)CC. The molecule has 94 valence electrons. The molecule has 0 fully saturated rings. The topological polar surface area (TPSA) is 0 Å². The van der Waals surface area contributed by atoms with Gasteiger partial charge >= 0.3 is 0 Å². The van der Waals surface area contributed by atoms with Gasteiger partial charge in [-0.1, -0.05) is 80.6 Å². The third-order valence-corrected chi connectivity index (χ3v) is 4.13. The van der Waals surface area contributed by atoms with Crippen molar-refractivity contribution in [2.45, 2.75) is 87.0 Å². The van der Waals surface area contributed by atoms with E-state index in [4.69, 9.17) is 0 Å². The molecule has 0 amide bonds. The van der Waals surface area contributed by atoms with Crippen LogP contribution < -0.4 is 0 Å². The Morgan fingerprint density at radius 1 is 0.733 bits per heavy atom. The lowest BCUT2D eigenvalue weighted by Crippen LogP contribution is -2.21. The van der Waals surface area contributed by atoms with Crippen molar-refractivity contribution in [2.75, 3.05) is 0 Å². The van der Waals surface area contributed by atoms with Crippen LogP contribution in [-0.2, 0) is 0 Å². The van der Waals surface area contributed by atoms with Crippen LogP contribution in [0.5, 0.6) is 0 Å². The van der Waals surface area contributed by atoms with Crippen LogP contribution in [-0.4, -0.2) is 0 Å². The molecule has 0 bridgehead atoms. The van der Waals surface area contributed by atoms with E-state index in [2.05, 4.69) is 34.6 Å². The Morgan fingerprint density at radius 2 is 1.07 bits per heavy atom. The minimum absolute atomic E-state index is 0.649. The van der Waals surface area contributed by atoms with Gasteiger partial charge in [0.15, 0.2) is 0 Å². The van der Waals surface area contributed by atoms with Gasteiger partial charge in [0.25, 0.3) is 0 Å². The Morgan fingerprint density at radius 3 is 1.27 bits per heavy atom. The summed E-state index contributed by atoms with van der Waals surface area (Å²) in [5, 5.41) is 0. The first-order valence-corrected chi connectivity index (χ1v) is 7.17. The van der Waals surface area contributed by atoms with Crippen LogP contribution in [0.15, 0.2) is 0 Å². The molecule has 0 aliphatic heterocycles. The predicted molar refractivity (Wildman–Crippen MR) is 73.3 cm³/mol. The van der Waals surface area contributed by atoms with Crippen LogP contribution in [0.3, 0.4) is 0 Å². The fourth-order valence-corrected chi connectivity index (χ4v) is 2.37. The van der Waals surface area contributed by atoms with Gasteiger partial charge in [-0.15, -0.1) is 0 Å². The molecule has 15 heavy (non-hydrogen) atoms. The van der Waals surface area contributed by atoms with Gasteiger partial charge in [-0.05, 0) is 17.8 Å².